The van der Waals surface area contributed by atoms with Crippen LogP contribution in [0.3, 0.4) is 0 Å². The molecule has 0 radical (unpaired) electrons. The number of nitrogens with one attached hydrogen (secondary N) is 1. The van der Waals surface area contributed by atoms with Crippen molar-refractivity contribution in [3.8, 4) is 0 Å². The second-order valence-electron chi connectivity index (χ2n) is 4.36. The number of anilines is 1. The zero-order valence-electron chi connectivity index (χ0n) is 8.61. The zero-order chi connectivity index (χ0) is 10.1. The van der Waals surface area contributed by atoms with E-state index in [1.54, 1.807) is 0 Å². The summed E-state index contributed by atoms with van der Waals surface area (Å²) < 4.78 is 0. The van der Waals surface area contributed by atoms with E-state index < -0.39 is 0 Å². The third-order valence-corrected chi connectivity index (χ3v) is 1.96. The normalized spacial score (nSPS) is 11.5. The Balaban J connectivity index is 2.94. The number of halogens is 1. The van der Waals surface area contributed by atoms with Crippen LogP contribution in [0.15, 0.2) is 18.2 Å². The second kappa shape index (κ2) is 3.59. The summed E-state index contributed by atoms with van der Waals surface area (Å²) >= 11 is 6.04. The fraction of sp³-hybridized carbons (Fsp3) is 0.455. The highest BCUT2D eigenvalue weighted by Gasteiger charge is 2.11. The lowest BCUT2D eigenvalue weighted by atomic mass is 10.1. The second-order valence-corrected chi connectivity index (χ2v) is 4.77. The molecule has 0 saturated heterocycles. The number of hydrogen-bond acceptors (Lipinski definition) is 1. The molecule has 0 aromatic heterocycles. The van der Waals surface area contributed by atoms with Gasteiger partial charge in [-0.25, -0.2) is 0 Å². The van der Waals surface area contributed by atoms with Crippen LogP contribution in [0.5, 0.6) is 0 Å². The molecule has 0 spiro atoms. The molecule has 13 heavy (non-hydrogen) atoms. The molecule has 0 aliphatic carbocycles. The molecule has 0 atom stereocenters. The highest BCUT2D eigenvalue weighted by atomic mass is 35.5. The van der Waals surface area contributed by atoms with Gasteiger partial charge in [-0.15, -0.1) is 0 Å². The third kappa shape index (κ3) is 3.27. The summed E-state index contributed by atoms with van der Waals surface area (Å²) in [6, 6.07) is 5.99. The summed E-state index contributed by atoms with van der Waals surface area (Å²) in [5, 5.41) is 4.14. The van der Waals surface area contributed by atoms with Crippen LogP contribution < -0.4 is 5.32 Å². The summed E-state index contributed by atoms with van der Waals surface area (Å²) in [6.45, 7) is 8.41. The predicted octanol–water partition coefficient (Wildman–Crippen LogP) is 3.86. The SMILES string of the molecule is Cc1ccc(Cl)c(NC(C)(C)C)c1. The van der Waals surface area contributed by atoms with E-state index in [0.29, 0.717) is 0 Å². The molecule has 1 aromatic carbocycles. The van der Waals surface area contributed by atoms with Gasteiger partial charge in [-0.2, -0.15) is 0 Å². The van der Waals surface area contributed by atoms with Gasteiger partial charge < -0.3 is 5.32 Å². The standard InChI is InChI=1S/C11H16ClN/c1-8-5-6-9(12)10(7-8)13-11(2,3)4/h5-7,13H,1-4H3. The van der Waals surface area contributed by atoms with Gasteiger partial charge in [0, 0.05) is 5.54 Å². The maximum atomic E-state index is 6.04. The molecular weight excluding hydrogens is 182 g/mol. The minimum absolute atomic E-state index is 0.0530. The molecule has 1 N–H and O–H groups in total. The Bertz CT molecular complexity index is 299. The minimum Gasteiger partial charge on any atom is -0.379 e. The molecule has 0 amide bonds. The molecule has 0 unspecified atom stereocenters. The monoisotopic (exact) mass is 197 g/mol. The van der Waals surface area contributed by atoms with E-state index >= 15 is 0 Å². The first-order valence-electron chi connectivity index (χ1n) is 4.43. The first-order chi connectivity index (χ1) is 5.88. The third-order valence-electron chi connectivity index (χ3n) is 1.63. The van der Waals surface area contributed by atoms with E-state index in [9.17, 15) is 0 Å². The van der Waals surface area contributed by atoms with Gasteiger partial charge in [0.2, 0.25) is 0 Å². The molecule has 0 heterocycles. The summed E-state index contributed by atoms with van der Waals surface area (Å²) in [5.41, 5.74) is 2.28. The average Bonchev–Trinajstić information content (AvgIpc) is 1.94. The predicted molar refractivity (Wildman–Crippen MR) is 59.6 cm³/mol. The molecule has 2 heteroatoms. The van der Waals surface area contributed by atoms with Crippen LogP contribution in [0.2, 0.25) is 5.02 Å². The molecule has 1 rings (SSSR count). The quantitative estimate of drug-likeness (QED) is 0.721. The van der Waals surface area contributed by atoms with Crippen LogP contribution in [0, 0.1) is 6.92 Å². The van der Waals surface area contributed by atoms with Crippen molar-refractivity contribution in [3.05, 3.63) is 28.8 Å². The highest BCUT2D eigenvalue weighted by Crippen LogP contribution is 2.25. The van der Waals surface area contributed by atoms with Crippen molar-refractivity contribution < 1.29 is 0 Å². The highest BCUT2D eigenvalue weighted by molar-refractivity contribution is 6.33. The lowest BCUT2D eigenvalue weighted by molar-refractivity contribution is 0.634. The van der Waals surface area contributed by atoms with Gasteiger partial charge in [0.25, 0.3) is 0 Å². The number of benzene rings is 1. The Kier molecular flexibility index (Phi) is 2.87. The molecular formula is C11H16ClN. The van der Waals surface area contributed by atoms with Crippen LogP contribution in [0.25, 0.3) is 0 Å². The molecule has 1 nitrogen and oxygen atoms in total. The smallest absolute Gasteiger partial charge is 0.0637 e. The molecule has 0 saturated carbocycles. The molecule has 0 aliphatic rings. The molecule has 72 valence electrons. The van der Waals surface area contributed by atoms with Gasteiger partial charge in [-0.1, -0.05) is 17.7 Å². The van der Waals surface area contributed by atoms with E-state index in [1.807, 2.05) is 12.1 Å². The van der Waals surface area contributed by atoms with Gasteiger partial charge in [0.05, 0.1) is 10.7 Å². The lowest BCUT2D eigenvalue weighted by Crippen LogP contribution is -2.26. The Morgan fingerprint density at radius 1 is 1.23 bits per heavy atom. The van der Waals surface area contributed by atoms with Crippen LogP contribution in [0.1, 0.15) is 26.3 Å². The first-order valence-corrected chi connectivity index (χ1v) is 4.80. The molecule has 1 aromatic rings. The maximum absolute atomic E-state index is 6.04. The van der Waals surface area contributed by atoms with Crippen molar-refractivity contribution in [2.45, 2.75) is 33.2 Å². The van der Waals surface area contributed by atoms with Crippen molar-refractivity contribution in [1.82, 2.24) is 0 Å². The van der Waals surface area contributed by atoms with Crippen molar-refractivity contribution >= 4 is 17.3 Å². The summed E-state index contributed by atoms with van der Waals surface area (Å²) in [5.74, 6) is 0. The zero-order valence-corrected chi connectivity index (χ0v) is 9.37. The Hall–Kier alpha value is -0.690. The van der Waals surface area contributed by atoms with E-state index in [2.05, 4.69) is 39.1 Å². The van der Waals surface area contributed by atoms with Crippen molar-refractivity contribution in [2.75, 3.05) is 5.32 Å². The molecule has 0 bridgehead atoms. The largest absolute Gasteiger partial charge is 0.379 e. The fourth-order valence-electron chi connectivity index (χ4n) is 1.14. The van der Waals surface area contributed by atoms with Crippen LogP contribution in [0.4, 0.5) is 5.69 Å². The van der Waals surface area contributed by atoms with Crippen LogP contribution >= 0.6 is 11.6 Å². The molecule has 0 aliphatic heterocycles. The van der Waals surface area contributed by atoms with Gasteiger partial charge >= 0.3 is 0 Å². The van der Waals surface area contributed by atoms with Gasteiger partial charge in [-0.05, 0) is 45.4 Å². The topological polar surface area (TPSA) is 12.0 Å². The Labute approximate surface area is 85.1 Å². The Morgan fingerprint density at radius 3 is 2.38 bits per heavy atom. The van der Waals surface area contributed by atoms with E-state index in [1.165, 1.54) is 5.56 Å². The van der Waals surface area contributed by atoms with E-state index in [0.717, 1.165) is 10.7 Å². The van der Waals surface area contributed by atoms with Crippen LogP contribution in [-0.4, -0.2) is 5.54 Å². The number of aryl methyl sites for hydroxylation is 1. The van der Waals surface area contributed by atoms with E-state index in [4.69, 9.17) is 11.6 Å². The maximum Gasteiger partial charge on any atom is 0.0637 e. The van der Waals surface area contributed by atoms with E-state index in [-0.39, 0.29) is 5.54 Å². The molecule has 0 fully saturated rings. The first kappa shape index (κ1) is 10.4. The summed E-state index contributed by atoms with van der Waals surface area (Å²) in [6.07, 6.45) is 0. The fourth-order valence-corrected chi connectivity index (χ4v) is 1.30. The summed E-state index contributed by atoms with van der Waals surface area (Å²) in [4.78, 5) is 0. The van der Waals surface area contributed by atoms with Crippen molar-refractivity contribution in [2.24, 2.45) is 0 Å². The number of hydrogen-bond donors (Lipinski definition) is 1. The summed E-state index contributed by atoms with van der Waals surface area (Å²) in [7, 11) is 0. The van der Waals surface area contributed by atoms with Crippen molar-refractivity contribution in [1.29, 1.82) is 0 Å². The minimum atomic E-state index is 0.0530. The van der Waals surface area contributed by atoms with Gasteiger partial charge in [0.1, 0.15) is 0 Å². The average molecular weight is 198 g/mol. The Morgan fingerprint density at radius 2 is 1.85 bits per heavy atom. The van der Waals surface area contributed by atoms with Gasteiger partial charge in [0.15, 0.2) is 0 Å². The lowest BCUT2D eigenvalue weighted by Gasteiger charge is -2.23. The van der Waals surface area contributed by atoms with Gasteiger partial charge in [-0.3, -0.25) is 0 Å². The van der Waals surface area contributed by atoms with Crippen molar-refractivity contribution in [3.63, 3.8) is 0 Å². The van der Waals surface area contributed by atoms with Crippen LogP contribution in [-0.2, 0) is 0 Å². The number of rotatable bonds is 1.